The zero-order valence-corrected chi connectivity index (χ0v) is 13.5. The number of sulfonamides is 1. The Kier molecular flexibility index (Phi) is 4.54. The van der Waals surface area contributed by atoms with Crippen LogP contribution in [-0.2, 0) is 19.8 Å². The Balaban J connectivity index is 2.73. The van der Waals surface area contributed by atoms with Gasteiger partial charge in [0.25, 0.3) is 10.0 Å². The quantitative estimate of drug-likeness (QED) is 0.835. The Morgan fingerprint density at radius 3 is 1.83 bits per heavy atom. The summed E-state index contributed by atoms with van der Waals surface area (Å²) in [6, 6.07) is 10.8. The lowest BCUT2D eigenvalue weighted by molar-refractivity contribution is -0.0401. The summed E-state index contributed by atoms with van der Waals surface area (Å²) < 4.78 is 79.2. The highest BCUT2D eigenvalue weighted by Gasteiger charge is 2.46. The van der Waals surface area contributed by atoms with Crippen molar-refractivity contribution in [2.75, 3.05) is 0 Å². The number of hydrogen-bond donors (Lipinski definition) is 0. The third-order valence-electron chi connectivity index (χ3n) is 2.90. The second-order valence-corrected chi connectivity index (χ2v) is 8.65. The lowest BCUT2D eigenvalue weighted by Gasteiger charge is -2.13. The van der Waals surface area contributed by atoms with E-state index in [4.69, 9.17) is 0 Å². The molecule has 124 valence electrons. The van der Waals surface area contributed by atoms with Gasteiger partial charge in [0.2, 0.25) is 0 Å². The van der Waals surface area contributed by atoms with Gasteiger partial charge in [-0.05, 0) is 31.2 Å². The molecule has 0 aliphatic rings. The van der Waals surface area contributed by atoms with Crippen molar-refractivity contribution >= 4 is 19.8 Å². The fourth-order valence-electron chi connectivity index (χ4n) is 1.72. The maximum atomic E-state index is 13.3. The van der Waals surface area contributed by atoms with Crippen LogP contribution < -0.4 is 0 Å². The van der Waals surface area contributed by atoms with Crippen LogP contribution in [-0.4, -0.2) is 18.1 Å². The van der Waals surface area contributed by atoms with Crippen molar-refractivity contribution in [2.24, 2.45) is 3.77 Å². The highest BCUT2D eigenvalue weighted by Crippen LogP contribution is 2.34. The Hall–Kier alpha value is -1.87. The van der Waals surface area contributed by atoms with Crippen LogP contribution in [0.15, 0.2) is 68.2 Å². The molecule has 0 aliphatic heterocycles. The SMILES string of the molecule is Cc1ccc(S(=O)(=O)N=S(=O)(c2ccccc2)C(F)(F)F)cc1. The monoisotopic (exact) mass is 363 g/mol. The molecule has 1 atom stereocenters. The number of halogens is 3. The number of alkyl halides is 3. The zero-order valence-electron chi connectivity index (χ0n) is 11.8. The predicted octanol–water partition coefficient (Wildman–Crippen LogP) is 3.73. The summed E-state index contributed by atoms with van der Waals surface area (Å²) in [5.41, 5.74) is -4.60. The van der Waals surface area contributed by atoms with Crippen LogP contribution in [0.2, 0.25) is 0 Å². The molecule has 4 nitrogen and oxygen atoms in total. The highest BCUT2D eigenvalue weighted by atomic mass is 32.3. The third-order valence-corrected chi connectivity index (χ3v) is 6.93. The Labute approximate surface area is 132 Å². The first-order chi connectivity index (χ1) is 10.6. The standard InChI is InChI=1S/C14H12F3NO3S2/c1-11-7-9-13(10-8-11)23(20,21)18-22(19,14(15,16)17)12-5-3-2-4-6-12/h2-10H,1H3. The van der Waals surface area contributed by atoms with Crippen LogP contribution in [0.25, 0.3) is 0 Å². The zero-order chi connectivity index (χ0) is 17.3. The van der Waals surface area contributed by atoms with Gasteiger partial charge in [0.15, 0.2) is 9.73 Å². The fourth-order valence-corrected chi connectivity index (χ4v) is 5.12. The molecule has 2 rings (SSSR count). The Bertz CT molecular complexity index is 912. The Morgan fingerprint density at radius 2 is 1.35 bits per heavy atom. The van der Waals surface area contributed by atoms with E-state index in [1.807, 2.05) is 0 Å². The third kappa shape index (κ3) is 3.56. The van der Waals surface area contributed by atoms with Crippen molar-refractivity contribution in [3.63, 3.8) is 0 Å². The molecule has 0 fully saturated rings. The van der Waals surface area contributed by atoms with Crippen molar-refractivity contribution in [1.82, 2.24) is 0 Å². The molecule has 0 spiro atoms. The number of rotatable bonds is 3. The van der Waals surface area contributed by atoms with E-state index in [-0.39, 0.29) is 0 Å². The second kappa shape index (κ2) is 5.97. The van der Waals surface area contributed by atoms with E-state index in [0.29, 0.717) is 0 Å². The average Bonchev–Trinajstić information content (AvgIpc) is 2.47. The number of benzene rings is 2. The molecule has 0 aliphatic carbocycles. The predicted molar refractivity (Wildman–Crippen MR) is 79.7 cm³/mol. The second-order valence-electron chi connectivity index (χ2n) is 4.65. The van der Waals surface area contributed by atoms with Crippen LogP contribution in [0.5, 0.6) is 0 Å². The van der Waals surface area contributed by atoms with E-state index in [1.165, 1.54) is 30.3 Å². The van der Waals surface area contributed by atoms with Crippen molar-refractivity contribution in [2.45, 2.75) is 22.2 Å². The molecule has 0 saturated heterocycles. The highest BCUT2D eigenvalue weighted by molar-refractivity contribution is 8.03. The van der Waals surface area contributed by atoms with Gasteiger partial charge in [-0.25, -0.2) is 4.21 Å². The molecule has 0 radical (unpaired) electrons. The van der Waals surface area contributed by atoms with E-state index in [0.717, 1.165) is 29.8 Å². The van der Waals surface area contributed by atoms with Crippen LogP contribution >= 0.6 is 0 Å². The van der Waals surface area contributed by atoms with Gasteiger partial charge in [-0.2, -0.15) is 21.6 Å². The average molecular weight is 363 g/mol. The van der Waals surface area contributed by atoms with E-state index in [2.05, 4.69) is 3.77 Å². The molecule has 0 heterocycles. The van der Waals surface area contributed by atoms with Gasteiger partial charge >= 0.3 is 5.51 Å². The summed E-state index contributed by atoms with van der Waals surface area (Å²) in [5.74, 6) is 0. The molecule has 9 heteroatoms. The van der Waals surface area contributed by atoms with Crippen molar-refractivity contribution in [1.29, 1.82) is 0 Å². The van der Waals surface area contributed by atoms with E-state index in [9.17, 15) is 25.8 Å². The van der Waals surface area contributed by atoms with Crippen LogP contribution in [0.4, 0.5) is 13.2 Å². The van der Waals surface area contributed by atoms with Crippen molar-refractivity contribution < 1.29 is 25.8 Å². The van der Waals surface area contributed by atoms with E-state index in [1.54, 1.807) is 6.92 Å². The van der Waals surface area contributed by atoms with Gasteiger partial charge in [-0.3, -0.25) is 0 Å². The minimum absolute atomic E-state index is 0.448. The summed E-state index contributed by atoms with van der Waals surface area (Å²) >= 11 is 0. The molecule has 0 amide bonds. The molecule has 0 saturated carbocycles. The van der Waals surface area contributed by atoms with Crippen LogP contribution in [0.3, 0.4) is 0 Å². The van der Waals surface area contributed by atoms with Gasteiger partial charge in [-0.1, -0.05) is 39.7 Å². The minimum atomic E-state index is -5.33. The number of hydrogen-bond acceptors (Lipinski definition) is 3. The van der Waals surface area contributed by atoms with Crippen LogP contribution in [0, 0.1) is 6.92 Å². The molecule has 2 aromatic carbocycles. The summed E-state index contributed by atoms with van der Waals surface area (Å²) in [6.45, 7) is 1.69. The van der Waals surface area contributed by atoms with Crippen molar-refractivity contribution in [3.8, 4) is 0 Å². The normalized spacial score (nSPS) is 15.0. The largest absolute Gasteiger partial charge is 0.484 e. The Morgan fingerprint density at radius 1 is 0.826 bits per heavy atom. The molecule has 0 aromatic heterocycles. The first-order valence-electron chi connectivity index (χ1n) is 6.28. The molecule has 0 bridgehead atoms. The van der Waals surface area contributed by atoms with E-state index >= 15 is 0 Å². The molecule has 1 unspecified atom stereocenters. The molecular formula is C14H12F3NO3S2. The lowest BCUT2D eigenvalue weighted by Crippen LogP contribution is -2.24. The summed E-state index contributed by atoms with van der Waals surface area (Å²) in [5, 5.41) is 0. The molecule has 2 aromatic rings. The smallest absolute Gasteiger partial charge is 0.235 e. The van der Waals surface area contributed by atoms with Gasteiger partial charge < -0.3 is 0 Å². The first kappa shape index (κ1) is 17.5. The molecular weight excluding hydrogens is 351 g/mol. The molecule has 0 N–H and O–H groups in total. The van der Waals surface area contributed by atoms with Gasteiger partial charge in [-0.15, -0.1) is 0 Å². The lowest BCUT2D eigenvalue weighted by atomic mass is 10.2. The summed E-state index contributed by atoms with van der Waals surface area (Å²) in [4.78, 5) is -1.15. The number of nitrogens with zero attached hydrogens (tertiary/aromatic N) is 1. The molecule has 23 heavy (non-hydrogen) atoms. The van der Waals surface area contributed by atoms with E-state index < -0.39 is 35.1 Å². The minimum Gasteiger partial charge on any atom is -0.235 e. The van der Waals surface area contributed by atoms with Crippen molar-refractivity contribution in [3.05, 3.63) is 60.2 Å². The van der Waals surface area contributed by atoms with Gasteiger partial charge in [0.05, 0.1) is 9.79 Å². The first-order valence-corrected chi connectivity index (χ1v) is 9.23. The van der Waals surface area contributed by atoms with Gasteiger partial charge in [0.1, 0.15) is 0 Å². The fraction of sp³-hybridized carbons (Fsp3) is 0.143. The topological polar surface area (TPSA) is 63.6 Å². The summed E-state index contributed by atoms with van der Waals surface area (Å²) in [6.07, 6.45) is 0. The van der Waals surface area contributed by atoms with Crippen LogP contribution in [0.1, 0.15) is 5.56 Å². The number of aryl methyl sites for hydroxylation is 1. The van der Waals surface area contributed by atoms with Gasteiger partial charge in [0, 0.05) is 0 Å². The summed E-state index contributed by atoms with van der Waals surface area (Å²) in [7, 11) is -9.90. The maximum absolute atomic E-state index is 13.3. The maximum Gasteiger partial charge on any atom is 0.484 e.